The van der Waals surface area contributed by atoms with Crippen LogP contribution in [0.2, 0.25) is 0 Å². The van der Waals surface area contributed by atoms with Crippen molar-refractivity contribution in [3.05, 3.63) is 59.2 Å². The molecule has 0 spiro atoms. The quantitative estimate of drug-likeness (QED) is 0.847. The van der Waals surface area contributed by atoms with Crippen molar-refractivity contribution >= 4 is 17.6 Å². The molecule has 5 nitrogen and oxygen atoms in total. The smallest absolute Gasteiger partial charge is 0.332 e. The number of carboxylic acids is 1. The summed E-state index contributed by atoms with van der Waals surface area (Å²) in [6, 6.07) is 13.5. The Bertz CT molecular complexity index is 881. The molecule has 0 fully saturated rings. The van der Waals surface area contributed by atoms with Crippen molar-refractivity contribution in [3.8, 4) is 16.9 Å². The fourth-order valence-corrected chi connectivity index (χ4v) is 3.27. The third-order valence-electron chi connectivity index (χ3n) is 4.64. The number of methoxy groups -OCH3 is 1. The van der Waals surface area contributed by atoms with Crippen LogP contribution in [0.3, 0.4) is 0 Å². The number of anilines is 1. The lowest BCUT2D eigenvalue weighted by Crippen LogP contribution is -2.16. The molecule has 1 aliphatic carbocycles. The molecule has 3 rings (SSSR count). The Balaban J connectivity index is 1.80. The minimum atomic E-state index is -1.00. The molecule has 0 bridgehead atoms. The van der Waals surface area contributed by atoms with Gasteiger partial charge in [-0.25, -0.2) is 4.79 Å². The summed E-state index contributed by atoms with van der Waals surface area (Å²) in [6.45, 7) is 1.98. The number of rotatable bonds is 5. The Labute approximate surface area is 152 Å². The Morgan fingerprint density at radius 2 is 1.73 bits per heavy atom. The predicted molar refractivity (Wildman–Crippen MR) is 100 cm³/mol. The number of benzene rings is 2. The van der Waals surface area contributed by atoms with Crippen molar-refractivity contribution in [3.63, 3.8) is 0 Å². The van der Waals surface area contributed by atoms with Gasteiger partial charge in [0.05, 0.1) is 7.11 Å². The van der Waals surface area contributed by atoms with Crippen molar-refractivity contribution in [2.24, 2.45) is 0 Å². The van der Waals surface area contributed by atoms with Gasteiger partial charge < -0.3 is 15.2 Å². The highest BCUT2D eigenvalue weighted by Gasteiger charge is 2.25. The molecule has 0 saturated heterocycles. The largest absolute Gasteiger partial charge is 0.497 e. The maximum absolute atomic E-state index is 12.4. The summed E-state index contributed by atoms with van der Waals surface area (Å²) in [4.78, 5) is 23.6. The van der Waals surface area contributed by atoms with E-state index in [-0.39, 0.29) is 11.5 Å². The first-order valence-corrected chi connectivity index (χ1v) is 8.51. The van der Waals surface area contributed by atoms with Crippen molar-refractivity contribution in [1.82, 2.24) is 0 Å². The number of amides is 1. The zero-order valence-electron chi connectivity index (χ0n) is 14.8. The third-order valence-corrected chi connectivity index (χ3v) is 4.64. The van der Waals surface area contributed by atoms with Gasteiger partial charge in [-0.15, -0.1) is 0 Å². The van der Waals surface area contributed by atoms with Crippen LogP contribution in [0.25, 0.3) is 11.1 Å². The summed E-state index contributed by atoms with van der Waals surface area (Å²) in [7, 11) is 1.63. The van der Waals surface area contributed by atoms with E-state index in [0.29, 0.717) is 30.5 Å². The van der Waals surface area contributed by atoms with Crippen LogP contribution in [0.15, 0.2) is 53.6 Å². The van der Waals surface area contributed by atoms with E-state index in [9.17, 15) is 14.7 Å². The van der Waals surface area contributed by atoms with E-state index in [0.717, 1.165) is 22.4 Å². The molecule has 0 heterocycles. The first-order valence-electron chi connectivity index (χ1n) is 8.51. The molecule has 26 heavy (non-hydrogen) atoms. The standard InChI is InChI=1S/C21H21NO4/c1-13-12-15(22-20(23)18-4-3-5-19(18)21(24)25)8-11-17(13)14-6-9-16(26-2)10-7-14/h6-12H,3-5H2,1-2H3,(H,22,23)(H,24,25). The van der Waals surface area contributed by atoms with Crippen molar-refractivity contribution < 1.29 is 19.4 Å². The molecule has 1 amide bonds. The highest BCUT2D eigenvalue weighted by atomic mass is 16.5. The Hall–Kier alpha value is -3.08. The second-order valence-corrected chi connectivity index (χ2v) is 6.33. The van der Waals surface area contributed by atoms with Gasteiger partial charge in [-0.2, -0.15) is 0 Å². The summed E-state index contributed by atoms with van der Waals surface area (Å²) in [5, 5.41) is 12.0. The lowest BCUT2D eigenvalue weighted by atomic mass is 10.00. The molecule has 134 valence electrons. The molecule has 2 aromatic rings. The van der Waals surface area contributed by atoms with Crippen molar-refractivity contribution in [1.29, 1.82) is 0 Å². The monoisotopic (exact) mass is 351 g/mol. The average molecular weight is 351 g/mol. The van der Waals surface area contributed by atoms with Gasteiger partial charge in [-0.1, -0.05) is 18.2 Å². The minimum absolute atomic E-state index is 0.231. The third kappa shape index (κ3) is 3.61. The molecule has 0 saturated carbocycles. The first kappa shape index (κ1) is 17.7. The van der Waals surface area contributed by atoms with E-state index in [1.54, 1.807) is 7.11 Å². The molecule has 0 aliphatic heterocycles. The molecular weight excluding hydrogens is 330 g/mol. The first-order chi connectivity index (χ1) is 12.5. The van der Waals surface area contributed by atoms with Crippen LogP contribution in [-0.2, 0) is 9.59 Å². The van der Waals surface area contributed by atoms with Gasteiger partial charge in [0.2, 0.25) is 0 Å². The second-order valence-electron chi connectivity index (χ2n) is 6.33. The maximum Gasteiger partial charge on any atom is 0.332 e. The molecule has 2 aromatic carbocycles. The maximum atomic E-state index is 12.4. The summed E-state index contributed by atoms with van der Waals surface area (Å²) in [5.74, 6) is -0.524. The highest BCUT2D eigenvalue weighted by Crippen LogP contribution is 2.30. The van der Waals surface area contributed by atoms with E-state index in [2.05, 4.69) is 5.32 Å². The van der Waals surface area contributed by atoms with Gasteiger partial charge in [-0.3, -0.25) is 4.79 Å². The number of nitrogens with one attached hydrogen (secondary N) is 1. The van der Waals surface area contributed by atoms with Crippen molar-refractivity contribution in [2.45, 2.75) is 26.2 Å². The normalized spacial score (nSPS) is 13.6. The number of carbonyl (C=O) groups is 2. The van der Waals surface area contributed by atoms with E-state index in [4.69, 9.17) is 4.74 Å². The van der Waals surface area contributed by atoms with Gasteiger partial charge in [-0.05, 0) is 67.1 Å². The van der Waals surface area contributed by atoms with Gasteiger partial charge in [0, 0.05) is 16.8 Å². The predicted octanol–water partition coefficient (Wildman–Crippen LogP) is 4.17. The van der Waals surface area contributed by atoms with Gasteiger partial charge in [0.15, 0.2) is 0 Å². The van der Waals surface area contributed by atoms with E-state index < -0.39 is 5.97 Å². The fraction of sp³-hybridized carbons (Fsp3) is 0.238. The zero-order valence-corrected chi connectivity index (χ0v) is 14.8. The summed E-state index contributed by atoms with van der Waals surface area (Å²) < 4.78 is 5.18. The minimum Gasteiger partial charge on any atom is -0.497 e. The lowest BCUT2D eigenvalue weighted by Gasteiger charge is -2.11. The van der Waals surface area contributed by atoms with Gasteiger partial charge in [0.1, 0.15) is 5.75 Å². The lowest BCUT2D eigenvalue weighted by molar-refractivity contribution is -0.133. The van der Waals surface area contributed by atoms with Gasteiger partial charge in [0.25, 0.3) is 5.91 Å². The SMILES string of the molecule is COc1ccc(-c2ccc(NC(=O)C3=C(C(=O)O)CCC3)cc2C)cc1. The molecule has 5 heteroatoms. The molecule has 0 atom stereocenters. The number of carboxylic acid groups (broad SMARTS) is 1. The molecule has 0 radical (unpaired) electrons. The number of aliphatic carboxylic acids is 1. The summed E-state index contributed by atoms with van der Waals surface area (Å²) in [5.41, 5.74) is 4.42. The summed E-state index contributed by atoms with van der Waals surface area (Å²) in [6.07, 6.45) is 1.67. The van der Waals surface area contributed by atoms with E-state index >= 15 is 0 Å². The molecule has 0 unspecified atom stereocenters. The number of hydrogen-bond acceptors (Lipinski definition) is 3. The van der Waals surface area contributed by atoms with E-state index in [1.165, 1.54) is 0 Å². The Kier molecular flexibility index (Phi) is 5.07. The molecule has 1 aliphatic rings. The molecule has 2 N–H and O–H groups in total. The van der Waals surface area contributed by atoms with Crippen LogP contribution in [0.1, 0.15) is 24.8 Å². The fourth-order valence-electron chi connectivity index (χ4n) is 3.27. The number of ether oxygens (including phenoxy) is 1. The van der Waals surface area contributed by atoms with Crippen LogP contribution in [0.4, 0.5) is 5.69 Å². The average Bonchev–Trinajstić information content (AvgIpc) is 3.12. The highest BCUT2D eigenvalue weighted by molar-refractivity contribution is 6.09. The number of hydrogen-bond donors (Lipinski definition) is 2. The zero-order chi connectivity index (χ0) is 18.7. The van der Waals surface area contributed by atoms with Crippen LogP contribution in [0.5, 0.6) is 5.75 Å². The van der Waals surface area contributed by atoms with Crippen LogP contribution >= 0.6 is 0 Å². The number of aryl methyl sites for hydroxylation is 1. The second kappa shape index (κ2) is 7.44. The molecular formula is C21H21NO4. The van der Waals surface area contributed by atoms with Crippen LogP contribution < -0.4 is 10.1 Å². The summed E-state index contributed by atoms with van der Waals surface area (Å²) >= 11 is 0. The van der Waals surface area contributed by atoms with Crippen molar-refractivity contribution in [2.75, 3.05) is 12.4 Å². The number of carbonyl (C=O) groups excluding carboxylic acids is 1. The van der Waals surface area contributed by atoms with Crippen LogP contribution in [0, 0.1) is 6.92 Å². The molecule has 0 aromatic heterocycles. The Morgan fingerprint density at radius 3 is 2.35 bits per heavy atom. The van der Waals surface area contributed by atoms with Gasteiger partial charge >= 0.3 is 5.97 Å². The van der Waals surface area contributed by atoms with Crippen LogP contribution in [-0.4, -0.2) is 24.1 Å². The Morgan fingerprint density at radius 1 is 1.04 bits per heavy atom. The van der Waals surface area contributed by atoms with E-state index in [1.807, 2.05) is 49.4 Å². The topological polar surface area (TPSA) is 75.6 Å².